The minimum Gasteiger partial charge on any atom is -0.494 e. The molecule has 5 rings (SSSR count). The number of esters is 1. The summed E-state index contributed by atoms with van der Waals surface area (Å²) in [7, 11) is 0. The Bertz CT molecular complexity index is 1150. The van der Waals surface area contributed by atoms with Crippen molar-refractivity contribution in [2.75, 3.05) is 6.61 Å². The van der Waals surface area contributed by atoms with Crippen LogP contribution in [0.25, 0.3) is 0 Å². The average molecular weight is 617 g/mol. The zero-order valence-electron chi connectivity index (χ0n) is 29.5. The molecule has 8 atom stereocenters. The van der Waals surface area contributed by atoms with Gasteiger partial charge in [0.15, 0.2) is 0 Å². The second kappa shape index (κ2) is 15.2. The molecule has 4 aliphatic carbocycles. The van der Waals surface area contributed by atoms with Crippen LogP contribution in [-0.2, 0) is 4.74 Å². The summed E-state index contributed by atoms with van der Waals surface area (Å²) in [4.78, 5) is 13.1. The van der Waals surface area contributed by atoms with Crippen molar-refractivity contribution in [3.05, 3.63) is 54.1 Å². The van der Waals surface area contributed by atoms with Crippen LogP contribution in [0.1, 0.15) is 148 Å². The first-order chi connectivity index (χ1) is 21.7. The molecule has 0 unspecified atom stereocenters. The number of allylic oxidation sites excluding steroid dienone is 2. The highest BCUT2D eigenvalue weighted by Gasteiger charge is 2.59. The summed E-state index contributed by atoms with van der Waals surface area (Å²) >= 11 is 0. The predicted molar refractivity (Wildman–Crippen MR) is 187 cm³/mol. The van der Waals surface area contributed by atoms with E-state index in [1.165, 1.54) is 70.6 Å². The molecule has 0 radical (unpaired) electrons. The van der Waals surface area contributed by atoms with Crippen LogP contribution in [0.3, 0.4) is 0 Å². The molecule has 3 heteroatoms. The Balaban J connectivity index is 1.12. The molecule has 0 spiro atoms. The molecule has 3 nitrogen and oxygen atoms in total. The maximum atomic E-state index is 13.1. The zero-order valence-corrected chi connectivity index (χ0v) is 29.5. The first-order valence-electron chi connectivity index (χ1n) is 18.9. The number of carbonyl (C=O) groups is 1. The second-order valence-corrected chi connectivity index (χ2v) is 16.4. The van der Waals surface area contributed by atoms with Gasteiger partial charge in [0.05, 0.1) is 12.2 Å². The smallest absolute Gasteiger partial charge is 0.338 e. The van der Waals surface area contributed by atoms with Gasteiger partial charge in [-0.05, 0) is 135 Å². The van der Waals surface area contributed by atoms with Crippen molar-refractivity contribution in [1.82, 2.24) is 0 Å². The van der Waals surface area contributed by atoms with Gasteiger partial charge >= 0.3 is 5.97 Å². The fourth-order valence-electron chi connectivity index (χ4n) is 10.6. The van der Waals surface area contributed by atoms with Gasteiger partial charge in [0, 0.05) is 6.42 Å². The number of hydrogen-bond donors (Lipinski definition) is 0. The van der Waals surface area contributed by atoms with E-state index in [1.807, 2.05) is 30.3 Å². The summed E-state index contributed by atoms with van der Waals surface area (Å²) in [5.41, 5.74) is 3.01. The van der Waals surface area contributed by atoms with Crippen molar-refractivity contribution in [3.8, 4) is 5.75 Å². The number of carbonyl (C=O) groups excluding carboxylic acids is 1. The molecular weight excluding hydrogens is 552 g/mol. The zero-order chi connectivity index (χ0) is 32.0. The van der Waals surface area contributed by atoms with Gasteiger partial charge in [0.25, 0.3) is 0 Å². The second-order valence-electron chi connectivity index (χ2n) is 16.4. The van der Waals surface area contributed by atoms with E-state index in [0.29, 0.717) is 17.6 Å². The van der Waals surface area contributed by atoms with Gasteiger partial charge < -0.3 is 9.47 Å². The number of ether oxygens (including phenoxy) is 2. The number of hydrogen-bond acceptors (Lipinski definition) is 3. The van der Waals surface area contributed by atoms with E-state index >= 15 is 0 Å². The molecule has 0 N–H and O–H groups in total. The van der Waals surface area contributed by atoms with Crippen LogP contribution in [0.5, 0.6) is 5.75 Å². The molecular formula is C42H64O3. The third-order valence-corrected chi connectivity index (χ3v) is 13.2. The van der Waals surface area contributed by atoms with Crippen molar-refractivity contribution in [1.29, 1.82) is 0 Å². The van der Waals surface area contributed by atoms with E-state index in [-0.39, 0.29) is 17.5 Å². The summed E-state index contributed by atoms with van der Waals surface area (Å²) in [5, 5.41) is 0. The van der Waals surface area contributed by atoms with Crippen LogP contribution >= 0.6 is 0 Å². The van der Waals surface area contributed by atoms with Gasteiger partial charge in [0.1, 0.15) is 11.9 Å². The van der Waals surface area contributed by atoms with Crippen molar-refractivity contribution in [2.24, 2.45) is 46.3 Å². The monoisotopic (exact) mass is 616 g/mol. The molecule has 0 aliphatic heterocycles. The van der Waals surface area contributed by atoms with Gasteiger partial charge in [-0.1, -0.05) is 84.4 Å². The molecule has 0 aromatic heterocycles. The molecule has 3 fully saturated rings. The summed E-state index contributed by atoms with van der Waals surface area (Å²) in [6, 6.07) is 7.54. The van der Waals surface area contributed by atoms with Gasteiger partial charge in [-0.3, -0.25) is 0 Å². The number of unbranched alkanes of at least 4 members (excludes halogenated alkanes) is 4. The quantitative estimate of drug-likeness (QED) is 0.112. The standard InChI is InChI=1S/C42H64O3/c1-7-8-9-10-11-12-28-44-34-19-16-32(17-20-34)40(43)45-35-24-26-41(5)33(29-35)18-21-36-38-23-22-37(31(4)15-13-14-30(2)3)42(38,6)27-25-39(36)41/h7,16-20,30-31,35-39H,1,8-15,21-29H2,2-6H3/t31-,35+,36+,37-,38+,39+,41+,42-/m1/s1. The van der Waals surface area contributed by atoms with Crippen molar-refractivity contribution in [3.63, 3.8) is 0 Å². The molecule has 3 saturated carbocycles. The molecule has 4 aliphatic rings. The van der Waals surface area contributed by atoms with Gasteiger partial charge in [-0.25, -0.2) is 4.79 Å². The van der Waals surface area contributed by atoms with Crippen LogP contribution in [0, 0.1) is 46.3 Å². The number of rotatable bonds is 15. The van der Waals surface area contributed by atoms with Crippen molar-refractivity contribution < 1.29 is 14.3 Å². The van der Waals surface area contributed by atoms with Gasteiger partial charge in [-0.15, -0.1) is 6.58 Å². The SMILES string of the molecule is C=CCCCCCCOc1ccc(C(=O)O[C@H]2CC[C@@]3(C)C(=CC[C@H]4[C@@H]5CC[C@H]([C@H](C)CCCC(C)C)[C@@]5(C)CC[C@@H]43)C2)cc1. The first kappa shape index (κ1) is 34.3. The predicted octanol–water partition coefficient (Wildman–Crippen LogP) is 11.8. The minimum atomic E-state index is -0.195. The molecule has 0 saturated heterocycles. The molecule has 0 bridgehead atoms. The molecule has 0 heterocycles. The molecule has 45 heavy (non-hydrogen) atoms. The molecule has 1 aromatic rings. The van der Waals surface area contributed by atoms with E-state index in [1.54, 1.807) is 5.57 Å². The molecule has 0 amide bonds. The van der Waals surface area contributed by atoms with Crippen LogP contribution in [0.2, 0.25) is 0 Å². The topological polar surface area (TPSA) is 35.5 Å². The highest BCUT2D eigenvalue weighted by molar-refractivity contribution is 5.89. The van der Waals surface area contributed by atoms with Crippen LogP contribution < -0.4 is 4.74 Å². The summed E-state index contributed by atoms with van der Waals surface area (Å²) in [6.45, 7) is 17.1. The Hall–Kier alpha value is -2.03. The van der Waals surface area contributed by atoms with Gasteiger partial charge in [0.2, 0.25) is 0 Å². The Morgan fingerprint density at radius 2 is 1.71 bits per heavy atom. The fraction of sp³-hybridized carbons (Fsp3) is 0.738. The fourth-order valence-corrected chi connectivity index (χ4v) is 10.6. The highest BCUT2D eigenvalue weighted by atomic mass is 16.5. The Kier molecular flexibility index (Phi) is 11.6. The van der Waals surface area contributed by atoms with Crippen LogP contribution in [0.4, 0.5) is 0 Å². The third kappa shape index (κ3) is 7.76. The van der Waals surface area contributed by atoms with Crippen LogP contribution in [-0.4, -0.2) is 18.7 Å². The van der Waals surface area contributed by atoms with Crippen molar-refractivity contribution in [2.45, 2.75) is 143 Å². The Labute approximate surface area is 276 Å². The van der Waals surface area contributed by atoms with Crippen LogP contribution in [0.15, 0.2) is 48.6 Å². The maximum absolute atomic E-state index is 13.1. The maximum Gasteiger partial charge on any atom is 0.338 e. The third-order valence-electron chi connectivity index (χ3n) is 13.2. The van der Waals surface area contributed by atoms with E-state index in [0.717, 1.165) is 73.4 Å². The number of benzene rings is 1. The lowest BCUT2D eigenvalue weighted by molar-refractivity contribution is -0.0594. The lowest BCUT2D eigenvalue weighted by Crippen LogP contribution is -2.51. The summed E-state index contributed by atoms with van der Waals surface area (Å²) < 4.78 is 12.0. The van der Waals surface area contributed by atoms with Gasteiger partial charge in [-0.2, -0.15) is 0 Å². The lowest BCUT2D eigenvalue weighted by atomic mass is 9.47. The summed E-state index contributed by atoms with van der Waals surface area (Å²) in [6.07, 6.45) is 24.5. The van der Waals surface area contributed by atoms with E-state index in [4.69, 9.17) is 9.47 Å². The molecule has 1 aromatic carbocycles. The van der Waals surface area contributed by atoms with E-state index in [2.05, 4.69) is 47.3 Å². The first-order valence-corrected chi connectivity index (χ1v) is 18.9. The lowest BCUT2D eigenvalue weighted by Gasteiger charge is -2.58. The normalized spacial score (nSPS) is 33.0. The summed E-state index contributed by atoms with van der Waals surface area (Å²) in [5.74, 6) is 5.73. The largest absolute Gasteiger partial charge is 0.494 e. The molecule has 250 valence electrons. The Morgan fingerprint density at radius 1 is 0.933 bits per heavy atom. The number of fused-ring (bicyclic) bond motifs is 5. The average Bonchev–Trinajstić information content (AvgIpc) is 3.38. The van der Waals surface area contributed by atoms with Crippen molar-refractivity contribution >= 4 is 5.97 Å². The minimum absolute atomic E-state index is 0.0122. The highest BCUT2D eigenvalue weighted by Crippen LogP contribution is 2.67. The van der Waals surface area contributed by atoms with E-state index in [9.17, 15) is 4.79 Å². The van der Waals surface area contributed by atoms with E-state index < -0.39 is 0 Å². The Morgan fingerprint density at radius 3 is 2.47 bits per heavy atom.